The number of carbonyl (C=O) groups is 2. The van der Waals surface area contributed by atoms with Crippen molar-refractivity contribution in [1.82, 2.24) is 10.6 Å². The smallest absolute Gasteiger partial charge is 0.315 e. The average Bonchev–Trinajstić information content (AvgIpc) is 3.37. The number of hydrogen-bond donors (Lipinski definition) is 4. The number of fused-ring (bicyclic) bond motifs is 4. The third-order valence-corrected chi connectivity index (χ3v) is 8.81. The number of amides is 2. The van der Waals surface area contributed by atoms with Crippen LogP contribution >= 0.6 is 11.8 Å². The Hall–Kier alpha value is -3.00. The summed E-state index contributed by atoms with van der Waals surface area (Å²) in [6.07, 6.45) is 4.38. The van der Waals surface area contributed by atoms with Crippen LogP contribution in [0.3, 0.4) is 0 Å². The number of carboxylic acids is 1. The summed E-state index contributed by atoms with van der Waals surface area (Å²) in [5.74, 6) is 6.27. The molecule has 0 radical (unpaired) electrons. The van der Waals surface area contributed by atoms with E-state index in [0.717, 1.165) is 49.0 Å². The number of carboxylic acid groups (broad SMARTS) is 1. The molecule has 190 valence electrons. The molecule has 2 heterocycles. The molecular formula is C26H28N2O6S2. The van der Waals surface area contributed by atoms with Crippen LogP contribution in [-0.2, 0) is 21.3 Å². The van der Waals surface area contributed by atoms with Gasteiger partial charge in [0.15, 0.2) is 0 Å². The second-order valence-electron chi connectivity index (χ2n) is 8.87. The molecule has 2 amide bonds. The van der Waals surface area contributed by atoms with Crippen molar-refractivity contribution >= 4 is 33.9 Å². The summed E-state index contributed by atoms with van der Waals surface area (Å²) in [4.78, 5) is 21.4. The van der Waals surface area contributed by atoms with E-state index in [4.69, 9.17) is 5.11 Å². The van der Waals surface area contributed by atoms with Crippen molar-refractivity contribution < 1.29 is 27.7 Å². The Labute approximate surface area is 215 Å². The Bertz CT molecular complexity index is 1320. The third-order valence-electron chi connectivity index (χ3n) is 6.40. The van der Waals surface area contributed by atoms with Crippen LogP contribution in [0.2, 0.25) is 0 Å². The van der Waals surface area contributed by atoms with Gasteiger partial charge in [-0.1, -0.05) is 48.6 Å². The fourth-order valence-corrected chi connectivity index (χ4v) is 7.00. The molecule has 10 heteroatoms. The van der Waals surface area contributed by atoms with Gasteiger partial charge in [0.1, 0.15) is 4.90 Å². The number of thioether (sulfide) groups is 1. The molecule has 36 heavy (non-hydrogen) atoms. The van der Waals surface area contributed by atoms with Gasteiger partial charge < -0.3 is 15.7 Å². The summed E-state index contributed by atoms with van der Waals surface area (Å²) in [6, 6.07) is 12.8. The minimum absolute atomic E-state index is 0.0640. The van der Waals surface area contributed by atoms with Crippen LogP contribution < -0.4 is 10.6 Å². The second-order valence-corrected chi connectivity index (χ2v) is 11.5. The highest BCUT2D eigenvalue weighted by molar-refractivity contribution is 8.00. The lowest BCUT2D eigenvalue weighted by Gasteiger charge is -2.16. The standard InChI is InChI=1S/C16H12O3S.C10H16N2O3S/c17-20(18,19)15-11-5-9-13-8-2-1-6-12-7-3-4-10-14(12)16(13)15;13-8(14)4-2-1-3-7-9-6(5-16-7)11-10(15)12-9/h3-5,7,9-11H,1,6H2,(H,17,18,19);6-7,9H,1-5H2,(H,13,14)(H2,11,12,15)/t;6-,7-,9-/m.0/s1. The van der Waals surface area contributed by atoms with Gasteiger partial charge in [-0.05, 0) is 42.5 Å². The number of unbranched alkanes of at least 4 members (excludes halogenated alkanes) is 1. The van der Waals surface area contributed by atoms with Gasteiger partial charge in [-0.25, -0.2) is 4.79 Å². The number of aliphatic carboxylic acids is 1. The molecule has 2 aromatic rings. The van der Waals surface area contributed by atoms with Crippen molar-refractivity contribution in [3.63, 3.8) is 0 Å². The number of benzene rings is 2. The van der Waals surface area contributed by atoms with Crippen LogP contribution in [0.5, 0.6) is 0 Å². The number of carbonyl (C=O) groups excluding carboxylic acids is 1. The lowest BCUT2D eigenvalue weighted by molar-refractivity contribution is -0.137. The van der Waals surface area contributed by atoms with E-state index in [1.54, 1.807) is 12.1 Å². The van der Waals surface area contributed by atoms with Crippen molar-refractivity contribution in [1.29, 1.82) is 0 Å². The van der Waals surface area contributed by atoms with Gasteiger partial charge in [-0.3, -0.25) is 9.35 Å². The van der Waals surface area contributed by atoms with E-state index in [1.165, 1.54) is 6.07 Å². The van der Waals surface area contributed by atoms with Crippen LogP contribution in [0, 0.1) is 11.8 Å². The highest BCUT2D eigenvalue weighted by Crippen LogP contribution is 2.35. The minimum Gasteiger partial charge on any atom is -0.481 e. The Morgan fingerprint density at radius 2 is 1.92 bits per heavy atom. The maximum Gasteiger partial charge on any atom is 0.315 e. The fraction of sp³-hybridized carbons (Fsp3) is 0.385. The van der Waals surface area contributed by atoms with Gasteiger partial charge in [0, 0.05) is 35.0 Å². The first kappa shape index (κ1) is 26.1. The van der Waals surface area contributed by atoms with Gasteiger partial charge in [-0.2, -0.15) is 20.2 Å². The monoisotopic (exact) mass is 528 g/mol. The van der Waals surface area contributed by atoms with E-state index >= 15 is 0 Å². The van der Waals surface area contributed by atoms with Crippen molar-refractivity contribution in [2.45, 2.75) is 60.8 Å². The van der Waals surface area contributed by atoms with Crippen molar-refractivity contribution in [3.8, 4) is 23.0 Å². The second kappa shape index (κ2) is 11.4. The highest BCUT2D eigenvalue weighted by Gasteiger charge is 2.42. The maximum atomic E-state index is 11.6. The zero-order valence-electron chi connectivity index (χ0n) is 19.6. The van der Waals surface area contributed by atoms with Crippen LogP contribution in [0.1, 0.15) is 43.2 Å². The van der Waals surface area contributed by atoms with Crippen LogP contribution in [0.4, 0.5) is 4.79 Å². The summed E-state index contributed by atoms with van der Waals surface area (Å²) in [6.45, 7) is 0. The lowest BCUT2D eigenvalue weighted by Crippen LogP contribution is -2.36. The molecule has 3 atom stereocenters. The molecule has 0 bridgehead atoms. The largest absolute Gasteiger partial charge is 0.481 e. The number of urea groups is 1. The zero-order valence-corrected chi connectivity index (χ0v) is 21.2. The van der Waals surface area contributed by atoms with E-state index in [1.807, 2.05) is 36.0 Å². The van der Waals surface area contributed by atoms with Gasteiger partial charge in [0.05, 0.1) is 12.1 Å². The SMILES string of the molecule is O=C(O)CCCC[C@@H]1SC[C@@H]2NC(=O)N[C@@H]21.O=S(=O)(O)c1cccc2c1-c1ccccc1CCC#C2. The van der Waals surface area contributed by atoms with E-state index in [0.29, 0.717) is 16.4 Å². The summed E-state index contributed by atoms with van der Waals surface area (Å²) < 4.78 is 32.7. The molecule has 2 fully saturated rings. The Balaban J connectivity index is 0.000000174. The summed E-state index contributed by atoms with van der Waals surface area (Å²) >= 11 is 1.87. The van der Waals surface area contributed by atoms with Gasteiger partial charge >= 0.3 is 12.0 Å². The van der Waals surface area contributed by atoms with Gasteiger partial charge in [0.25, 0.3) is 10.1 Å². The number of rotatable bonds is 6. The first-order valence-corrected chi connectivity index (χ1v) is 14.3. The molecule has 1 aliphatic carbocycles. The molecule has 3 aliphatic rings. The van der Waals surface area contributed by atoms with E-state index in [-0.39, 0.29) is 29.4 Å². The average molecular weight is 529 g/mol. The zero-order chi connectivity index (χ0) is 25.7. The summed E-state index contributed by atoms with van der Waals surface area (Å²) in [5, 5.41) is 14.8. The molecule has 4 N–H and O–H groups in total. The van der Waals surface area contributed by atoms with E-state index in [9.17, 15) is 22.6 Å². The molecule has 2 aliphatic heterocycles. The Morgan fingerprint density at radius 3 is 2.69 bits per heavy atom. The summed E-state index contributed by atoms with van der Waals surface area (Å²) in [7, 11) is -4.28. The van der Waals surface area contributed by atoms with Crippen LogP contribution in [0.15, 0.2) is 47.4 Å². The molecule has 2 aromatic carbocycles. The van der Waals surface area contributed by atoms with Crippen molar-refractivity contribution in [3.05, 3.63) is 53.6 Å². The van der Waals surface area contributed by atoms with E-state index in [2.05, 4.69) is 22.5 Å². The minimum atomic E-state index is -4.28. The van der Waals surface area contributed by atoms with Gasteiger partial charge in [-0.15, -0.1) is 0 Å². The lowest BCUT2D eigenvalue weighted by atomic mass is 9.92. The number of aryl methyl sites for hydroxylation is 1. The van der Waals surface area contributed by atoms with Crippen molar-refractivity contribution in [2.75, 3.05) is 5.75 Å². The normalized spacial score (nSPS) is 21.6. The molecular weight excluding hydrogens is 500 g/mol. The molecule has 8 nitrogen and oxygen atoms in total. The molecule has 0 saturated carbocycles. The molecule has 0 unspecified atom stereocenters. The Kier molecular flexibility index (Phi) is 8.24. The molecule has 5 rings (SSSR count). The Morgan fingerprint density at radius 1 is 1.11 bits per heavy atom. The summed E-state index contributed by atoms with van der Waals surface area (Å²) in [5.41, 5.74) is 2.99. The first-order chi connectivity index (χ1) is 17.2. The number of hydrogen-bond acceptors (Lipinski definition) is 5. The first-order valence-electron chi connectivity index (χ1n) is 11.8. The molecule has 0 aromatic heterocycles. The predicted molar refractivity (Wildman–Crippen MR) is 138 cm³/mol. The van der Waals surface area contributed by atoms with Crippen molar-refractivity contribution in [2.24, 2.45) is 0 Å². The van der Waals surface area contributed by atoms with E-state index < -0.39 is 16.1 Å². The third kappa shape index (κ3) is 6.22. The molecule has 0 spiro atoms. The molecule has 2 saturated heterocycles. The highest BCUT2D eigenvalue weighted by atomic mass is 32.2. The predicted octanol–water partition coefficient (Wildman–Crippen LogP) is 3.69. The van der Waals surface area contributed by atoms with Crippen LogP contribution in [-0.4, -0.2) is 53.2 Å². The van der Waals surface area contributed by atoms with Gasteiger partial charge in [0.2, 0.25) is 0 Å². The van der Waals surface area contributed by atoms with Crippen LogP contribution in [0.25, 0.3) is 11.1 Å². The quantitative estimate of drug-likeness (QED) is 0.194. The number of nitrogens with one attached hydrogen (secondary N) is 2. The fourth-order valence-electron chi connectivity index (χ4n) is 4.73. The topological polar surface area (TPSA) is 133 Å². The maximum absolute atomic E-state index is 11.6.